The van der Waals surface area contributed by atoms with E-state index in [0.29, 0.717) is 62.6 Å². The Morgan fingerprint density at radius 2 is 1.44 bits per heavy atom. The summed E-state index contributed by atoms with van der Waals surface area (Å²) in [6, 6.07) is 21.5. The predicted octanol–water partition coefficient (Wildman–Crippen LogP) is 6.58. The van der Waals surface area contributed by atoms with Crippen molar-refractivity contribution in [2.24, 2.45) is 0 Å². The van der Waals surface area contributed by atoms with Gasteiger partial charge in [-0.05, 0) is 61.0 Å². The Morgan fingerprint density at radius 1 is 0.727 bits per heavy atom. The van der Waals surface area contributed by atoms with E-state index in [2.05, 4.69) is 20.6 Å². The third kappa shape index (κ3) is 6.73. The van der Waals surface area contributed by atoms with Crippen LogP contribution >= 0.6 is 11.3 Å². The summed E-state index contributed by atoms with van der Waals surface area (Å²) in [6.45, 7) is 8.06. The lowest BCUT2D eigenvalue weighted by atomic mass is 10.1. The van der Waals surface area contributed by atoms with Gasteiger partial charge < -0.3 is 33.7 Å². The number of anilines is 2. The number of nitrogens with one attached hydrogen (secondary N) is 2. The number of benzene rings is 3. The fourth-order valence-corrected chi connectivity index (χ4v) is 8.08. The highest BCUT2D eigenvalue weighted by Crippen LogP contribution is 2.33. The van der Waals surface area contributed by atoms with Crippen LogP contribution in [0.3, 0.4) is 0 Å². The molecule has 2 saturated heterocycles. The molecule has 0 bridgehead atoms. The highest BCUT2D eigenvalue weighted by molar-refractivity contribution is 7.21. The monoisotopic (exact) mass is 759 g/mol. The minimum atomic E-state index is -0.594. The highest BCUT2D eigenvalue weighted by Gasteiger charge is 2.21. The first-order valence-corrected chi connectivity index (χ1v) is 18.9. The zero-order valence-corrected chi connectivity index (χ0v) is 30.6. The molecule has 0 atom stereocenters. The van der Waals surface area contributed by atoms with Crippen LogP contribution < -0.4 is 31.7 Å². The van der Waals surface area contributed by atoms with Crippen LogP contribution in [0.15, 0.2) is 104 Å². The molecule has 0 amide bonds. The summed E-state index contributed by atoms with van der Waals surface area (Å²) in [6.07, 6.45) is 3.72. The molecular formula is C41H35F2N7O4S. The molecule has 0 aliphatic carbocycles. The van der Waals surface area contributed by atoms with E-state index in [1.54, 1.807) is 36.5 Å². The molecule has 3 aromatic carbocycles. The van der Waals surface area contributed by atoms with Crippen molar-refractivity contribution in [3.05, 3.63) is 123 Å². The molecule has 10 rings (SSSR count). The average molecular weight is 760 g/mol. The number of halogens is 2. The van der Waals surface area contributed by atoms with Gasteiger partial charge >= 0.3 is 11.3 Å². The van der Waals surface area contributed by atoms with Crippen molar-refractivity contribution < 1.29 is 17.6 Å². The number of imidazole rings is 1. The largest absolute Gasteiger partial charge is 0.422 e. The van der Waals surface area contributed by atoms with Gasteiger partial charge in [0, 0.05) is 81.6 Å². The number of nitrogens with zero attached hydrogens (tertiary/aromatic N) is 5. The normalized spacial score (nSPS) is 14.9. The fraction of sp³-hybridized carbons (Fsp3) is 0.220. The van der Waals surface area contributed by atoms with Crippen LogP contribution in [0.25, 0.3) is 59.6 Å². The summed E-state index contributed by atoms with van der Waals surface area (Å²) in [5, 5.41) is 8.17. The molecule has 2 aliphatic rings. The summed E-state index contributed by atoms with van der Waals surface area (Å²) >= 11 is 1.42. The zero-order chi connectivity index (χ0) is 37.6. The lowest BCUT2D eigenvalue weighted by Crippen LogP contribution is -2.43. The highest BCUT2D eigenvalue weighted by atomic mass is 32.1. The first-order valence-electron chi connectivity index (χ1n) is 18.1. The Morgan fingerprint density at radius 3 is 2.20 bits per heavy atom. The number of thiazole rings is 1. The Hall–Kier alpha value is -5.96. The predicted molar refractivity (Wildman–Crippen MR) is 213 cm³/mol. The van der Waals surface area contributed by atoms with Gasteiger partial charge in [-0.15, -0.1) is 11.3 Å². The number of para-hydroxylation sites is 1. The van der Waals surface area contributed by atoms with Gasteiger partial charge in [-0.2, -0.15) is 0 Å². The van der Waals surface area contributed by atoms with Crippen LogP contribution in [0.1, 0.15) is 5.56 Å². The molecule has 55 heavy (non-hydrogen) atoms. The van der Waals surface area contributed by atoms with Gasteiger partial charge in [0.25, 0.3) is 0 Å². The fourth-order valence-electron chi connectivity index (χ4n) is 7.11. The second-order valence-corrected chi connectivity index (χ2v) is 14.6. The maximum absolute atomic E-state index is 15.1. The van der Waals surface area contributed by atoms with Gasteiger partial charge in [0.05, 0.1) is 38.4 Å². The zero-order valence-electron chi connectivity index (χ0n) is 29.8. The van der Waals surface area contributed by atoms with Crippen LogP contribution in [-0.4, -0.2) is 66.7 Å². The van der Waals surface area contributed by atoms with Crippen molar-refractivity contribution in [1.82, 2.24) is 25.0 Å². The second-order valence-electron chi connectivity index (χ2n) is 13.6. The van der Waals surface area contributed by atoms with Crippen LogP contribution in [0.2, 0.25) is 0 Å². The Bertz CT molecular complexity index is 2820. The van der Waals surface area contributed by atoms with Crippen molar-refractivity contribution in [3.8, 4) is 21.8 Å². The SMILES string of the molecule is Cc1ccc2nc(-c3cc4ccc(N5CCNCC5)c(F)c4oc3=O)cn2c1.O=c1oc2cc(N3CCNCC3)c(F)cc2cc1-c1nc2ccccc2s1. The number of hydrogen-bond donors (Lipinski definition) is 2. The maximum atomic E-state index is 15.1. The topological polar surface area (TPSA) is 121 Å². The molecular weight excluding hydrogens is 725 g/mol. The number of piperazine rings is 2. The van der Waals surface area contributed by atoms with E-state index in [-0.39, 0.29) is 11.4 Å². The molecule has 2 fully saturated rings. The van der Waals surface area contributed by atoms with E-state index < -0.39 is 17.1 Å². The molecule has 0 spiro atoms. The molecule has 11 nitrogen and oxygen atoms in total. The lowest BCUT2D eigenvalue weighted by molar-refractivity contribution is 0.519. The molecule has 0 saturated carbocycles. The van der Waals surface area contributed by atoms with Crippen molar-refractivity contribution in [2.45, 2.75) is 6.92 Å². The minimum absolute atomic E-state index is 0.00982. The number of aryl methyl sites for hydroxylation is 1. The van der Waals surface area contributed by atoms with Crippen molar-refractivity contribution in [1.29, 1.82) is 0 Å². The molecule has 278 valence electrons. The molecule has 0 unspecified atom stereocenters. The van der Waals surface area contributed by atoms with E-state index in [0.717, 1.165) is 60.7 Å². The third-order valence-corrected chi connectivity index (χ3v) is 11.0. The number of hydrogen-bond acceptors (Lipinski definition) is 11. The number of fused-ring (bicyclic) bond motifs is 4. The molecule has 5 aromatic heterocycles. The molecule has 0 radical (unpaired) electrons. The number of pyridine rings is 1. The summed E-state index contributed by atoms with van der Waals surface area (Å²) in [7, 11) is 0. The van der Waals surface area contributed by atoms with Crippen molar-refractivity contribution >= 4 is 60.5 Å². The Labute approximate surface area is 316 Å². The van der Waals surface area contributed by atoms with E-state index in [1.807, 2.05) is 63.7 Å². The smallest absolute Gasteiger partial charge is 0.346 e. The first kappa shape index (κ1) is 34.8. The summed E-state index contributed by atoms with van der Waals surface area (Å²) in [5.41, 5.74) is 4.11. The minimum Gasteiger partial charge on any atom is -0.422 e. The summed E-state index contributed by atoms with van der Waals surface area (Å²) < 4.78 is 43.6. The molecule has 7 heterocycles. The van der Waals surface area contributed by atoms with Crippen LogP contribution in [0.5, 0.6) is 0 Å². The summed E-state index contributed by atoms with van der Waals surface area (Å²) in [5.74, 6) is -0.804. The van der Waals surface area contributed by atoms with Crippen LogP contribution in [-0.2, 0) is 0 Å². The summed E-state index contributed by atoms with van der Waals surface area (Å²) in [4.78, 5) is 38.1. The van der Waals surface area contributed by atoms with Gasteiger partial charge in [0.2, 0.25) is 0 Å². The molecule has 2 N–H and O–H groups in total. The number of rotatable bonds is 4. The molecule has 14 heteroatoms. The van der Waals surface area contributed by atoms with Gasteiger partial charge in [0.1, 0.15) is 22.1 Å². The van der Waals surface area contributed by atoms with E-state index in [4.69, 9.17) is 8.83 Å². The van der Waals surface area contributed by atoms with E-state index in [9.17, 15) is 14.0 Å². The van der Waals surface area contributed by atoms with Gasteiger partial charge in [-0.1, -0.05) is 18.2 Å². The first-order chi connectivity index (χ1) is 26.8. The van der Waals surface area contributed by atoms with Gasteiger partial charge in [0.15, 0.2) is 11.4 Å². The molecule has 8 aromatic rings. The molecule has 2 aliphatic heterocycles. The Kier molecular flexibility index (Phi) is 9.08. The van der Waals surface area contributed by atoms with E-state index in [1.165, 1.54) is 17.4 Å². The van der Waals surface area contributed by atoms with Crippen molar-refractivity contribution in [2.75, 3.05) is 62.2 Å². The van der Waals surface area contributed by atoms with Crippen LogP contribution in [0.4, 0.5) is 20.2 Å². The standard InChI is InChI=1S/C21H19FN4O2.C20H16FN3O2S/c1-13-2-5-18-24-16(12-26(18)11-13)15-10-14-3-4-17(25-8-6-23-7-9-25)19(22)20(14)28-21(15)27;21-14-10-12-9-13(19-23-15-3-1-2-4-18(15)27-19)20(25)26-17(12)11-16(14)24-7-5-22-6-8-24/h2-5,10-12,23H,6-9H2,1H3;1-4,9-11,22H,5-8H2. The van der Waals surface area contributed by atoms with Gasteiger partial charge in [-0.3, -0.25) is 0 Å². The lowest BCUT2D eigenvalue weighted by Gasteiger charge is -2.29. The third-order valence-electron chi connectivity index (χ3n) is 9.94. The van der Waals surface area contributed by atoms with Crippen molar-refractivity contribution in [3.63, 3.8) is 0 Å². The second kappa shape index (κ2) is 14.4. The van der Waals surface area contributed by atoms with Crippen LogP contribution in [0, 0.1) is 18.6 Å². The number of aromatic nitrogens is 3. The quantitative estimate of drug-likeness (QED) is 0.190. The van der Waals surface area contributed by atoms with E-state index >= 15 is 4.39 Å². The average Bonchev–Trinajstić information content (AvgIpc) is 3.83. The Balaban J connectivity index is 0.000000144. The van der Waals surface area contributed by atoms with Gasteiger partial charge in [-0.25, -0.2) is 28.3 Å². The maximum Gasteiger partial charge on any atom is 0.346 e.